The molecule has 0 fully saturated rings. The number of amides is 1. The van der Waals surface area contributed by atoms with Crippen LogP contribution in [0.15, 0.2) is 89.5 Å². The molecule has 0 aliphatic heterocycles. The summed E-state index contributed by atoms with van der Waals surface area (Å²) in [4.78, 5) is 19.0. The van der Waals surface area contributed by atoms with Crippen molar-refractivity contribution in [1.29, 1.82) is 0 Å². The molecular formula is C29H28F3N3O2. The van der Waals surface area contributed by atoms with Crippen LogP contribution in [0, 0.1) is 6.92 Å². The highest BCUT2D eigenvalue weighted by Gasteiger charge is 2.30. The number of alkyl halides is 3. The lowest BCUT2D eigenvalue weighted by Gasteiger charge is -2.22. The number of rotatable bonds is 9. The molecule has 1 atom stereocenters. The van der Waals surface area contributed by atoms with Crippen molar-refractivity contribution in [2.75, 3.05) is 0 Å². The summed E-state index contributed by atoms with van der Waals surface area (Å²) >= 11 is 0. The smallest absolute Gasteiger partial charge is 0.416 e. The molecule has 0 radical (unpaired) electrons. The molecule has 0 bridgehead atoms. The normalized spacial score (nSPS) is 12.5. The summed E-state index contributed by atoms with van der Waals surface area (Å²) in [7, 11) is 0. The highest BCUT2D eigenvalue weighted by molar-refractivity contribution is 5.92. The van der Waals surface area contributed by atoms with Crippen LogP contribution < -0.4 is 5.32 Å². The second kappa shape index (κ2) is 11.4. The summed E-state index contributed by atoms with van der Waals surface area (Å²) in [6.07, 6.45) is -3.11. The molecule has 4 aromatic rings. The quantitative estimate of drug-likeness (QED) is 0.274. The van der Waals surface area contributed by atoms with Gasteiger partial charge in [0.1, 0.15) is 6.26 Å². The van der Waals surface area contributed by atoms with Crippen molar-refractivity contribution >= 4 is 5.91 Å². The molecule has 1 amide bonds. The summed E-state index contributed by atoms with van der Waals surface area (Å²) in [6.45, 7) is 4.80. The van der Waals surface area contributed by atoms with E-state index in [1.54, 1.807) is 6.07 Å². The van der Waals surface area contributed by atoms with Gasteiger partial charge in [-0.3, -0.25) is 9.69 Å². The van der Waals surface area contributed by atoms with E-state index in [9.17, 15) is 18.0 Å². The molecule has 1 unspecified atom stereocenters. The summed E-state index contributed by atoms with van der Waals surface area (Å²) in [5.41, 5.74) is 3.04. The number of nitrogens with one attached hydrogen (secondary N) is 1. The van der Waals surface area contributed by atoms with E-state index in [4.69, 9.17) is 4.42 Å². The van der Waals surface area contributed by atoms with Crippen LogP contribution in [0.2, 0.25) is 0 Å². The van der Waals surface area contributed by atoms with Gasteiger partial charge in [0.15, 0.2) is 5.69 Å². The first-order chi connectivity index (χ1) is 17.7. The van der Waals surface area contributed by atoms with Crippen molar-refractivity contribution in [3.63, 3.8) is 0 Å². The standard InChI is InChI=1S/C29H28F3N3O2/c1-20-9-6-7-13-24(20)17-35(16-22-10-8-14-25(15-22)29(30,31)32)18-27-34-26(19-37-27)28(36)33-21(2)23-11-4-3-5-12-23/h3-15,19,21H,16-18H2,1-2H3,(H,33,36). The minimum atomic E-state index is -4.42. The van der Waals surface area contributed by atoms with Crippen LogP contribution in [0.5, 0.6) is 0 Å². The van der Waals surface area contributed by atoms with Gasteiger partial charge >= 0.3 is 6.18 Å². The summed E-state index contributed by atoms with van der Waals surface area (Å²) in [5, 5.41) is 2.91. The predicted molar refractivity (Wildman–Crippen MR) is 134 cm³/mol. The third-order valence-corrected chi connectivity index (χ3v) is 6.11. The molecule has 0 saturated heterocycles. The number of aromatic nitrogens is 1. The number of hydrogen-bond donors (Lipinski definition) is 1. The second-order valence-corrected chi connectivity index (χ2v) is 9.00. The number of halogens is 3. The van der Waals surface area contributed by atoms with Crippen LogP contribution in [-0.2, 0) is 25.8 Å². The molecule has 0 aliphatic carbocycles. The lowest BCUT2D eigenvalue weighted by atomic mass is 10.1. The third-order valence-electron chi connectivity index (χ3n) is 6.11. The zero-order valence-corrected chi connectivity index (χ0v) is 20.6. The molecule has 37 heavy (non-hydrogen) atoms. The maximum absolute atomic E-state index is 13.3. The first-order valence-corrected chi connectivity index (χ1v) is 11.9. The Morgan fingerprint density at radius 3 is 2.43 bits per heavy atom. The Labute approximate surface area is 214 Å². The highest BCUT2D eigenvalue weighted by Crippen LogP contribution is 2.30. The van der Waals surface area contributed by atoms with Gasteiger partial charge in [0.2, 0.25) is 5.89 Å². The summed E-state index contributed by atoms with van der Waals surface area (Å²) in [6, 6.07) is 22.5. The topological polar surface area (TPSA) is 58.4 Å². The number of carbonyl (C=O) groups excluding carboxylic acids is 1. The summed E-state index contributed by atoms with van der Waals surface area (Å²) < 4.78 is 45.4. The van der Waals surface area contributed by atoms with Gasteiger partial charge in [-0.15, -0.1) is 0 Å². The fourth-order valence-electron chi connectivity index (χ4n) is 4.08. The van der Waals surface area contributed by atoms with Crippen LogP contribution in [-0.4, -0.2) is 15.8 Å². The lowest BCUT2D eigenvalue weighted by Crippen LogP contribution is -2.27. The molecule has 0 spiro atoms. The molecule has 0 saturated carbocycles. The molecule has 1 heterocycles. The van der Waals surface area contributed by atoms with Crippen LogP contribution in [0.3, 0.4) is 0 Å². The fourth-order valence-corrected chi connectivity index (χ4v) is 4.08. The molecule has 8 heteroatoms. The van der Waals surface area contributed by atoms with E-state index >= 15 is 0 Å². The maximum Gasteiger partial charge on any atom is 0.416 e. The van der Waals surface area contributed by atoms with Gasteiger partial charge < -0.3 is 9.73 Å². The molecule has 4 rings (SSSR count). The van der Waals surface area contributed by atoms with Crippen LogP contribution in [0.4, 0.5) is 13.2 Å². The number of hydrogen-bond acceptors (Lipinski definition) is 4. The van der Waals surface area contributed by atoms with Gasteiger partial charge in [-0.2, -0.15) is 13.2 Å². The van der Waals surface area contributed by atoms with Crippen LogP contribution in [0.25, 0.3) is 0 Å². The Kier molecular flexibility index (Phi) is 8.08. The van der Waals surface area contributed by atoms with E-state index < -0.39 is 11.7 Å². The van der Waals surface area contributed by atoms with Gasteiger partial charge in [-0.05, 0) is 42.2 Å². The van der Waals surface area contributed by atoms with Crippen LogP contribution >= 0.6 is 0 Å². The molecule has 1 N–H and O–H groups in total. The fraction of sp³-hybridized carbons (Fsp3) is 0.241. The number of carbonyl (C=O) groups is 1. The largest absolute Gasteiger partial charge is 0.447 e. The van der Waals surface area contributed by atoms with E-state index in [0.717, 1.165) is 28.8 Å². The molecular weight excluding hydrogens is 479 g/mol. The number of oxazole rings is 1. The molecule has 5 nitrogen and oxygen atoms in total. The van der Waals surface area contributed by atoms with Crippen LogP contribution in [0.1, 0.15) is 57.2 Å². The van der Waals surface area contributed by atoms with Gasteiger partial charge in [0.05, 0.1) is 18.2 Å². The first kappa shape index (κ1) is 26.2. The number of aryl methyl sites for hydroxylation is 1. The van der Waals surface area contributed by atoms with Crippen molar-refractivity contribution in [3.8, 4) is 0 Å². The molecule has 1 aromatic heterocycles. The average molecular weight is 508 g/mol. The van der Waals surface area contributed by atoms with Crippen molar-refractivity contribution < 1.29 is 22.4 Å². The molecule has 0 aliphatic rings. The van der Waals surface area contributed by atoms with Gasteiger partial charge in [-0.25, -0.2) is 4.98 Å². The summed E-state index contributed by atoms with van der Waals surface area (Å²) in [5.74, 6) is -0.0623. The predicted octanol–water partition coefficient (Wildman–Crippen LogP) is 6.70. The highest BCUT2D eigenvalue weighted by atomic mass is 19.4. The number of benzene rings is 3. The van der Waals surface area contributed by atoms with E-state index in [2.05, 4.69) is 10.3 Å². The van der Waals surface area contributed by atoms with Gasteiger partial charge in [-0.1, -0.05) is 72.8 Å². The van der Waals surface area contributed by atoms with E-state index in [1.165, 1.54) is 12.3 Å². The Morgan fingerprint density at radius 2 is 1.70 bits per heavy atom. The molecule has 3 aromatic carbocycles. The van der Waals surface area contributed by atoms with E-state index in [0.29, 0.717) is 18.0 Å². The SMILES string of the molecule is Cc1ccccc1CN(Cc1cccc(C(F)(F)F)c1)Cc1nc(C(=O)NC(C)c2ccccc2)co1. The van der Waals surface area contributed by atoms with Crippen molar-refractivity contribution in [3.05, 3.63) is 125 Å². The Hall–Kier alpha value is -3.91. The van der Waals surface area contributed by atoms with Gasteiger partial charge in [0.25, 0.3) is 5.91 Å². The van der Waals surface area contributed by atoms with Crippen molar-refractivity contribution in [1.82, 2.24) is 15.2 Å². The Morgan fingerprint density at radius 1 is 0.973 bits per heavy atom. The monoisotopic (exact) mass is 507 g/mol. The minimum Gasteiger partial charge on any atom is -0.447 e. The van der Waals surface area contributed by atoms with Crippen molar-refractivity contribution in [2.45, 2.75) is 45.7 Å². The lowest BCUT2D eigenvalue weighted by molar-refractivity contribution is -0.137. The molecule has 192 valence electrons. The second-order valence-electron chi connectivity index (χ2n) is 9.00. The van der Waals surface area contributed by atoms with Gasteiger partial charge in [0, 0.05) is 13.1 Å². The minimum absolute atomic E-state index is 0.146. The zero-order chi connectivity index (χ0) is 26.4. The van der Waals surface area contributed by atoms with E-state index in [1.807, 2.05) is 73.3 Å². The Balaban J connectivity index is 1.50. The van der Waals surface area contributed by atoms with E-state index in [-0.39, 0.29) is 30.7 Å². The third kappa shape index (κ3) is 7.07. The zero-order valence-electron chi connectivity index (χ0n) is 20.6. The number of nitrogens with zero attached hydrogens (tertiary/aromatic N) is 2. The average Bonchev–Trinajstić information content (AvgIpc) is 3.34. The van der Waals surface area contributed by atoms with Crippen molar-refractivity contribution in [2.24, 2.45) is 0 Å². The maximum atomic E-state index is 13.3. The Bertz CT molecular complexity index is 1340. The first-order valence-electron chi connectivity index (χ1n) is 11.9.